The molecule has 0 spiro atoms. The van der Waals surface area contributed by atoms with E-state index < -0.39 is 0 Å². The molecule has 0 aromatic heterocycles. The maximum atomic E-state index is 12.3. The van der Waals surface area contributed by atoms with Crippen LogP contribution in [0.4, 0.5) is 0 Å². The highest BCUT2D eigenvalue weighted by atomic mass is 79.9. The molecule has 0 saturated carbocycles. The van der Waals surface area contributed by atoms with Gasteiger partial charge in [0.2, 0.25) is 0 Å². The van der Waals surface area contributed by atoms with Gasteiger partial charge in [-0.3, -0.25) is 4.79 Å². The molecule has 0 heterocycles. The Kier molecular flexibility index (Phi) is 4.67. The van der Waals surface area contributed by atoms with Gasteiger partial charge in [-0.05, 0) is 58.8 Å². The zero-order chi connectivity index (χ0) is 17.1. The van der Waals surface area contributed by atoms with Gasteiger partial charge >= 0.3 is 0 Å². The summed E-state index contributed by atoms with van der Waals surface area (Å²) in [5.41, 5.74) is 1.18. The van der Waals surface area contributed by atoms with E-state index in [1.165, 1.54) is 12.1 Å². The fourth-order valence-corrected chi connectivity index (χ4v) is 2.80. The summed E-state index contributed by atoms with van der Waals surface area (Å²) in [6.45, 7) is 0. The Hall–Kier alpha value is -2.59. The van der Waals surface area contributed by atoms with Gasteiger partial charge in [-0.2, -0.15) is 0 Å². The standard InChI is InChI=1S/C20H15BrO3/c1-24-17-7-5-14-10-13(2-4-15(14)11-17)3-8-19(22)18-12-16(21)6-9-20(18)23/h2-12,23H,1H3. The first-order valence-corrected chi connectivity index (χ1v) is 8.15. The molecule has 1 N–H and O–H groups in total. The average molecular weight is 383 g/mol. The van der Waals surface area contributed by atoms with E-state index in [0.717, 1.165) is 26.6 Å². The van der Waals surface area contributed by atoms with Gasteiger partial charge < -0.3 is 9.84 Å². The number of ketones is 1. The van der Waals surface area contributed by atoms with Crippen molar-refractivity contribution in [2.45, 2.75) is 0 Å². The number of carbonyl (C=O) groups excluding carboxylic acids is 1. The van der Waals surface area contributed by atoms with Crippen molar-refractivity contribution in [1.29, 1.82) is 0 Å². The average Bonchev–Trinajstić information content (AvgIpc) is 2.61. The molecule has 3 aromatic rings. The summed E-state index contributed by atoms with van der Waals surface area (Å²) in [5, 5.41) is 11.9. The summed E-state index contributed by atoms with van der Waals surface area (Å²) >= 11 is 3.30. The Morgan fingerprint density at radius 1 is 1.04 bits per heavy atom. The maximum Gasteiger partial charge on any atom is 0.189 e. The number of aromatic hydroxyl groups is 1. The van der Waals surface area contributed by atoms with Gasteiger partial charge in [-0.1, -0.05) is 40.2 Å². The van der Waals surface area contributed by atoms with Gasteiger partial charge in [0.1, 0.15) is 11.5 Å². The number of halogens is 1. The molecule has 3 nitrogen and oxygen atoms in total. The van der Waals surface area contributed by atoms with E-state index in [1.54, 1.807) is 25.3 Å². The molecule has 120 valence electrons. The lowest BCUT2D eigenvalue weighted by Crippen LogP contribution is -1.94. The third kappa shape index (κ3) is 3.49. The van der Waals surface area contributed by atoms with Crippen molar-refractivity contribution < 1.29 is 14.6 Å². The molecule has 3 aromatic carbocycles. The molecule has 0 fully saturated rings. The van der Waals surface area contributed by atoms with Crippen LogP contribution in [-0.2, 0) is 0 Å². The molecule has 0 unspecified atom stereocenters. The smallest absolute Gasteiger partial charge is 0.189 e. The zero-order valence-electron chi connectivity index (χ0n) is 13.0. The second-order valence-corrected chi connectivity index (χ2v) is 6.25. The van der Waals surface area contributed by atoms with Crippen molar-refractivity contribution in [3.63, 3.8) is 0 Å². The summed E-state index contributed by atoms with van der Waals surface area (Å²) < 4.78 is 5.96. The molecule has 0 bridgehead atoms. The second-order valence-electron chi connectivity index (χ2n) is 5.33. The van der Waals surface area contributed by atoms with Crippen LogP contribution in [0.25, 0.3) is 16.8 Å². The molecule has 0 aliphatic rings. The molecule has 0 aliphatic heterocycles. The molecule has 4 heteroatoms. The monoisotopic (exact) mass is 382 g/mol. The fourth-order valence-electron chi connectivity index (χ4n) is 2.44. The Balaban J connectivity index is 1.87. The lowest BCUT2D eigenvalue weighted by Gasteiger charge is -2.04. The van der Waals surface area contributed by atoms with Crippen molar-refractivity contribution in [3.05, 3.63) is 76.3 Å². The van der Waals surface area contributed by atoms with Crippen LogP contribution in [-0.4, -0.2) is 18.0 Å². The first-order chi connectivity index (χ1) is 11.6. The summed E-state index contributed by atoms with van der Waals surface area (Å²) in [7, 11) is 1.64. The minimum absolute atomic E-state index is 0.0292. The van der Waals surface area contributed by atoms with Gasteiger partial charge in [0.05, 0.1) is 12.7 Å². The maximum absolute atomic E-state index is 12.3. The highest BCUT2D eigenvalue weighted by Crippen LogP contribution is 2.24. The first-order valence-electron chi connectivity index (χ1n) is 7.35. The normalized spacial score (nSPS) is 11.1. The Bertz CT molecular complexity index is 945. The van der Waals surface area contributed by atoms with Crippen LogP contribution in [0.2, 0.25) is 0 Å². The fraction of sp³-hybridized carbons (Fsp3) is 0.0500. The topological polar surface area (TPSA) is 46.5 Å². The zero-order valence-corrected chi connectivity index (χ0v) is 14.6. The number of rotatable bonds is 4. The van der Waals surface area contributed by atoms with Crippen LogP contribution >= 0.6 is 15.9 Å². The lowest BCUT2D eigenvalue weighted by molar-refractivity contribution is 0.104. The molecule has 0 aliphatic carbocycles. The van der Waals surface area contributed by atoms with E-state index in [2.05, 4.69) is 15.9 Å². The number of hydrogen-bond donors (Lipinski definition) is 1. The first kappa shape index (κ1) is 16.3. The van der Waals surface area contributed by atoms with Gasteiger partial charge in [0, 0.05) is 4.47 Å². The van der Waals surface area contributed by atoms with Crippen LogP contribution < -0.4 is 4.74 Å². The molecular weight excluding hydrogens is 368 g/mol. The van der Waals surface area contributed by atoms with Crippen LogP contribution in [0, 0.1) is 0 Å². The molecule has 0 saturated heterocycles. The number of allylic oxidation sites excluding steroid dienone is 1. The third-order valence-electron chi connectivity index (χ3n) is 3.72. The predicted molar refractivity (Wildman–Crippen MR) is 99.7 cm³/mol. The number of benzene rings is 3. The van der Waals surface area contributed by atoms with Gasteiger partial charge in [-0.15, -0.1) is 0 Å². The molecule has 24 heavy (non-hydrogen) atoms. The second kappa shape index (κ2) is 6.89. The minimum Gasteiger partial charge on any atom is -0.507 e. The summed E-state index contributed by atoms with van der Waals surface area (Å²) in [4.78, 5) is 12.3. The Morgan fingerprint density at radius 3 is 2.58 bits per heavy atom. The van der Waals surface area contributed by atoms with E-state index in [4.69, 9.17) is 4.74 Å². The SMILES string of the molecule is COc1ccc2cc(C=CC(=O)c3cc(Br)ccc3O)ccc2c1. The minimum atomic E-state index is -0.247. The van der Waals surface area contributed by atoms with Crippen molar-refractivity contribution in [3.8, 4) is 11.5 Å². The quantitative estimate of drug-likeness (QED) is 0.497. The van der Waals surface area contributed by atoms with Crippen molar-refractivity contribution in [1.82, 2.24) is 0 Å². The number of hydrogen-bond acceptors (Lipinski definition) is 3. The Morgan fingerprint density at radius 2 is 1.79 bits per heavy atom. The van der Waals surface area contributed by atoms with Crippen molar-refractivity contribution >= 4 is 38.6 Å². The van der Waals surface area contributed by atoms with Crippen LogP contribution in [0.5, 0.6) is 11.5 Å². The van der Waals surface area contributed by atoms with Crippen LogP contribution in [0.15, 0.2) is 65.1 Å². The number of methoxy groups -OCH3 is 1. The molecule has 0 amide bonds. The van der Waals surface area contributed by atoms with Crippen LogP contribution in [0.1, 0.15) is 15.9 Å². The summed E-state index contributed by atoms with van der Waals surface area (Å²) in [5.74, 6) is 0.535. The molecular formula is C20H15BrO3. The summed E-state index contributed by atoms with van der Waals surface area (Å²) in [6.07, 6.45) is 3.21. The molecule has 0 atom stereocenters. The lowest BCUT2D eigenvalue weighted by atomic mass is 10.0. The van der Waals surface area contributed by atoms with E-state index in [-0.39, 0.29) is 17.1 Å². The van der Waals surface area contributed by atoms with Crippen LogP contribution in [0.3, 0.4) is 0 Å². The molecule has 3 rings (SSSR count). The highest BCUT2D eigenvalue weighted by Gasteiger charge is 2.08. The van der Waals surface area contributed by atoms with E-state index in [1.807, 2.05) is 36.4 Å². The highest BCUT2D eigenvalue weighted by molar-refractivity contribution is 9.10. The number of carbonyl (C=O) groups is 1. The Labute approximate surface area is 148 Å². The van der Waals surface area contributed by atoms with Crippen molar-refractivity contribution in [2.24, 2.45) is 0 Å². The van der Waals surface area contributed by atoms with E-state index in [0.29, 0.717) is 0 Å². The number of fused-ring (bicyclic) bond motifs is 1. The number of ether oxygens (including phenoxy) is 1. The van der Waals surface area contributed by atoms with Crippen molar-refractivity contribution in [2.75, 3.05) is 7.11 Å². The van der Waals surface area contributed by atoms with Gasteiger partial charge in [0.25, 0.3) is 0 Å². The molecule has 0 radical (unpaired) electrons. The number of phenols is 1. The largest absolute Gasteiger partial charge is 0.507 e. The van der Waals surface area contributed by atoms with Gasteiger partial charge in [0.15, 0.2) is 5.78 Å². The van der Waals surface area contributed by atoms with E-state index >= 15 is 0 Å². The predicted octanol–water partition coefficient (Wildman–Crippen LogP) is 5.21. The van der Waals surface area contributed by atoms with E-state index in [9.17, 15) is 9.90 Å². The third-order valence-corrected chi connectivity index (χ3v) is 4.22. The summed E-state index contributed by atoms with van der Waals surface area (Å²) in [6, 6.07) is 16.6. The number of phenolic OH excluding ortho intramolecular Hbond substituents is 1. The van der Waals surface area contributed by atoms with Gasteiger partial charge in [-0.25, -0.2) is 0 Å².